The van der Waals surface area contributed by atoms with Gasteiger partial charge in [-0.05, 0) is 12.2 Å². The zero-order valence-corrected chi connectivity index (χ0v) is 9.09. The molecule has 0 radical (unpaired) electrons. The minimum Gasteiger partial charge on any atom is -0.370 e. The number of rotatable bonds is 2. The van der Waals surface area contributed by atoms with E-state index in [0.717, 1.165) is 37.7 Å². The second kappa shape index (κ2) is 4.20. The first-order valence-corrected chi connectivity index (χ1v) is 5.18. The lowest BCUT2D eigenvalue weighted by Gasteiger charge is -2.23. The fourth-order valence-corrected chi connectivity index (χ4v) is 1.72. The second-order valence-electron chi connectivity index (χ2n) is 3.54. The number of aromatic nitrogens is 3. The Hall–Kier alpha value is -0.720. The van der Waals surface area contributed by atoms with Crippen molar-refractivity contribution in [2.45, 2.75) is 6.67 Å². The Bertz CT molecular complexity index is 352. The predicted octanol–water partition coefficient (Wildman–Crippen LogP) is -1.18. The maximum Gasteiger partial charge on any atom is 0.202 e. The van der Waals surface area contributed by atoms with Gasteiger partial charge in [-0.1, -0.05) is 0 Å². The molecule has 14 heavy (non-hydrogen) atoms. The van der Waals surface area contributed by atoms with Crippen molar-refractivity contribution in [1.29, 1.82) is 0 Å². The lowest BCUT2D eigenvalue weighted by Crippen LogP contribution is -3.13. The molecule has 0 amide bonds. The summed E-state index contributed by atoms with van der Waals surface area (Å²) in [5.41, 5.74) is 0. The van der Waals surface area contributed by atoms with Crippen LogP contribution in [0.15, 0.2) is 6.33 Å². The summed E-state index contributed by atoms with van der Waals surface area (Å²) in [5.74, 6) is 0. The number of aryl methyl sites for hydroxylation is 1. The Morgan fingerprint density at radius 3 is 2.86 bits per heavy atom. The van der Waals surface area contributed by atoms with E-state index in [4.69, 9.17) is 17.0 Å². The number of hydrogen-bond donors (Lipinski definition) is 1. The van der Waals surface area contributed by atoms with E-state index in [2.05, 4.69) is 5.10 Å². The molecule has 0 aliphatic carbocycles. The standard InChI is InChI=1S/C8H14N4OS/c1-10-6-9-12(8(10)14)7-11-2-4-13-5-3-11/h6H,2-5,7H2,1H3/p+1. The molecule has 0 saturated carbocycles. The van der Waals surface area contributed by atoms with Crippen LogP contribution < -0.4 is 4.90 Å². The van der Waals surface area contributed by atoms with Gasteiger partial charge in [-0.25, -0.2) is 0 Å². The highest BCUT2D eigenvalue weighted by Crippen LogP contribution is 1.87. The molecule has 0 spiro atoms. The van der Waals surface area contributed by atoms with E-state index >= 15 is 0 Å². The molecule has 1 N–H and O–H groups in total. The van der Waals surface area contributed by atoms with E-state index in [-0.39, 0.29) is 0 Å². The average molecular weight is 215 g/mol. The van der Waals surface area contributed by atoms with Crippen LogP contribution in [-0.4, -0.2) is 40.7 Å². The molecule has 1 aliphatic heterocycles. The second-order valence-corrected chi connectivity index (χ2v) is 3.91. The maximum atomic E-state index is 5.29. The highest BCUT2D eigenvalue weighted by molar-refractivity contribution is 7.71. The molecule has 0 unspecified atom stereocenters. The minimum atomic E-state index is 0.781. The molecule has 6 heteroatoms. The van der Waals surface area contributed by atoms with Gasteiger partial charge in [0.15, 0.2) is 6.67 Å². The first-order valence-electron chi connectivity index (χ1n) is 4.77. The third-order valence-electron chi connectivity index (χ3n) is 2.46. The van der Waals surface area contributed by atoms with Gasteiger partial charge in [0, 0.05) is 7.05 Å². The zero-order chi connectivity index (χ0) is 9.97. The molecule has 0 aromatic carbocycles. The third-order valence-corrected chi connectivity index (χ3v) is 2.96. The molecule has 2 rings (SSSR count). The van der Waals surface area contributed by atoms with Gasteiger partial charge in [0.2, 0.25) is 4.77 Å². The van der Waals surface area contributed by atoms with Crippen LogP contribution in [0.2, 0.25) is 0 Å². The maximum absolute atomic E-state index is 5.29. The van der Waals surface area contributed by atoms with Crippen molar-refractivity contribution >= 4 is 12.2 Å². The van der Waals surface area contributed by atoms with Gasteiger partial charge in [-0.3, -0.25) is 0 Å². The Morgan fingerprint density at radius 1 is 1.57 bits per heavy atom. The number of nitrogens with one attached hydrogen (secondary N) is 1. The Labute approximate surface area is 87.9 Å². The average Bonchev–Trinajstić information content (AvgIpc) is 2.52. The summed E-state index contributed by atoms with van der Waals surface area (Å²) < 4.78 is 9.80. The van der Waals surface area contributed by atoms with E-state index < -0.39 is 0 Å². The molecule has 0 atom stereocenters. The van der Waals surface area contributed by atoms with Crippen molar-refractivity contribution in [3.05, 3.63) is 11.1 Å². The topological polar surface area (TPSA) is 36.4 Å². The monoisotopic (exact) mass is 215 g/mol. The van der Waals surface area contributed by atoms with Crippen LogP contribution in [0.25, 0.3) is 0 Å². The Kier molecular flexibility index (Phi) is 2.95. The summed E-state index contributed by atoms with van der Waals surface area (Å²) in [7, 11) is 1.92. The number of ether oxygens (including phenoxy) is 1. The summed E-state index contributed by atoms with van der Waals surface area (Å²) in [6, 6.07) is 0. The summed E-state index contributed by atoms with van der Waals surface area (Å²) in [6.07, 6.45) is 1.75. The summed E-state index contributed by atoms with van der Waals surface area (Å²) in [5, 5.41) is 4.22. The number of hydrogen-bond acceptors (Lipinski definition) is 3. The van der Waals surface area contributed by atoms with Gasteiger partial charge in [-0.2, -0.15) is 9.78 Å². The lowest BCUT2D eigenvalue weighted by molar-refractivity contribution is -0.930. The predicted molar refractivity (Wildman–Crippen MR) is 53.5 cm³/mol. The van der Waals surface area contributed by atoms with Crippen LogP contribution in [0.4, 0.5) is 0 Å². The molecule has 1 aromatic heterocycles. The molecule has 2 heterocycles. The van der Waals surface area contributed by atoms with E-state index in [0.29, 0.717) is 0 Å². The molecular formula is C8H15N4OS+. The van der Waals surface area contributed by atoms with E-state index in [1.807, 2.05) is 16.3 Å². The third kappa shape index (κ3) is 2.02. The molecule has 1 aliphatic rings. The first-order chi connectivity index (χ1) is 6.77. The smallest absolute Gasteiger partial charge is 0.202 e. The number of nitrogens with zero attached hydrogens (tertiary/aromatic N) is 3. The van der Waals surface area contributed by atoms with Crippen molar-refractivity contribution < 1.29 is 9.64 Å². The van der Waals surface area contributed by atoms with Gasteiger partial charge in [-0.15, -0.1) is 0 Å². The molecule has 1 saturated heterocycles. The van der Waals surface area contributed by atoms with Gasteiger partial charge < -0.3 is 14.2 Å². The molecule has 78 valence electrons. The Balaban J connectivity index is 2.02. The number of quaternary nitrogens is 1. The normalized spacial score (nSPS) is 18.6. The molecule has 5 nitrogen and oxygen atoms in total. The van der Waals surface area contributed by atoms with Crippen LogP contribution in [0, 0.1) is 4.77 Å². The first kappa shape index (κ1) is 9.82. The van der Waals surface area contributed by atoms with Crippen molar-refractivity contribution in [2.24, 2.45) is 7.05 Å². The summed E-state index contributed by atoms with van der Waals surface area (Å²) in [6.45, 7) is 4.62. The summed E-state index contributed by atoms with van der Waals surface area (Å²) >= 11 is 5.21. The summed E-state index contributed by atoms with van der Waals surface area (Å²) in [4.78, 5) is 1.48. The quantitative estimate of drug-likeness (QED) is 0.631. The van der Waals surface area contributed by atoms with E-state index in [1.165, 1.54) is 4.90 Å². The molecule has 1 fully saturated rings. The van der Waals surface area contributed by atoms with Crippen LogP contribution in [0.3, 0.4) is 0 Å². The van der Waals surface area contributed by atoms with Gasteiger partial charge >= 0.3 is 0 Å². The van der Waals surface area contributed by atoms with Crippen LogP contribution in [0.1, 0.15) is 0 Å². The van der Waals surface area contributed by atoms with Gasteiger partial charge in [0.05, 0.1) is 13.2 Å². The van der Waals surface area contributed by atoms with Crippen LogP contribution in [-0.2, 0) is 18.5 Å². The fraction of sp³-hybridized carbons (Fsp3) is 0.750. The highest BCUT2D eigenvalue weighted by Gasteiger charge is 2.14. The van der Waals surface area contributed by atoms with E-state index in [1.54, 1.807) is 6.33 Å². The van der Waals surface area contributed by atoms with Gasteiger partial charge in [0.25, 0.3) is 0 Å². The van der Waals surface area contributed by atoms with Crippen molar-refractivity contribution in [1.82, 2.24) is 14.3 Å². The van der Waals surface area contributed by atoms with Crippen molar-refractivity contribution in [3.63, 3.8) is 0 Å². The molecular weight excluding hydrogens is 200 g/mol. The minimum absolute atomic E-state index is 0.781. The van der Waals surface area contributed by atoms with Gasteiger partial charge in [0.1, 0.15) is 19.4 Å². The van der Waals surface area contributed by atoms with E-state index in [9.17, 15) is 0 Å². The van der Waals surface area contributed by atoms with Crippen molar-refractivity contribution in [2.75, 3.05) is 26.3 Å². The zero-order valence-electron chi connectivity index (χ0n) is 8.27. The molecule has 1 aromatic rings. The number of morpholine rings is 1. The largest absolute Gasteiger partial charge is 0.370 e. The fourth-order valence-electron chi connectivity index (χ4n) is 1.56. The lowest BCUT2D eigenvalue weighted by atomic mass is 10.4. The van der Waals surface area contributed by atoms with Crippen LogP contribution in [0.5, 0.6) is 0 Å². The Morgan fingerprint density at radius 2 is 2.29 bits per heavy atom. The van der Waals surface area contributed by atoms with Crippen molar-refractivity contribution in [3.8, 4) is 0 Å². The van der Waals surface area contributed by atoms with Crippen LogP contribution >= 0.6 is 12.2 Å². The molecule has 0 bridgehead atoms. The highest BCUT2D eigenvalue weighted by atomic mass is 32.1. The SMILES string of the molecule is Cn1cnn(C[NH+]2CCOCC2)c1=S.